The van der Waals surface area contributed by atoms with Crippen LogP contribution in [0.15, 0.2) is 0 Å². The van der Waals surface area contributed by atoms with Crippen LogP contribution in [-0.4, -0.2) is 48.7 Å². The van der Waals surface area contributed by atoms with Crippen LogP contribution in [0.5, 0.6) is 0 Å². The molecule has 1 rings (SSSR count). The summed E-state index contributed by atoms with van der Waals surface area (Å²) in [5.41, 5.74) is 0. The summed E-state index contributed by atoms with van der Waals surface area (Å²) in [5, 5.41) is 13.3. The summed E-state index contributed by atoms with van der Waals surface area (Å²) in [6, 6.07) is -0.466. The van der Waals surface area contributed by atoms with E-state index in [4.69, 9.17) is 9.84 Å². The second kappa shape index (κ2) is 6.06. The minimum atomic E-state index is -1.05. The van der Waals surface area contributed by atoms with Gasteiger partial charge >= 0.3 is 5.97 Å². The van der Waals surface area contributed by atoms with Crippen molar-refractivity contribution >= 4 is 17.8 Å². The molecule has 7 heteroatoms. The topological polar surface area (TPSA) is 105 Å². The van der Waals surface area contributed by atoms with Crippen LogP contribution in [-0.2, 0) is 19.1 Å². The van der Waals surface area contributed by atoms with Gasteiger partial charge in [-0.3, -0.25) is 9.59 Å². The number of carboxylic acid groups (broad SMARTS) is 1. The molecule has 0 radical (unpaired) electrons. The second-order valence-corrected chi connectivity index (χ2v) is 3.40. The molecule has 1 aliphatic heterocycles. The highest BCUT2D eigenvalue weighted by atomic mass is 16.5. The summed E-state index contributed by atoms with van der Waals surface area (Å²) in [5.74, 6) is -1.43. The molecule has 1 fully saturated rings. The Labute approximate surface area is 92.1 Å². The van der Waals surface area contributed by atoms with Gasteiger partial charge in [0.15, 0.2) is 0 Å². The molecule has 1 aliphatic rings. The minimum Gasteiger partial charge on any atom is -0.480 e. The fraction of sp³-hybridized carbons (Fsp3) is 0.667. The van der Waals surface area contributed by atoms with Gasteiger partial charge in [-0.25, -0.2) is 4.79 Å². The zero-order valence-corrected chi connectivity index (χ0v) is 8.69. The van der Waals surface area contributed by atoms with E-state index in [2.05, 4.69) is 10.6 Å². The lowest BCUT2D eigenvalue weighted by Crippen LogP contribution is -2.42. The number of carbonyl (C=O) groups excluding carboxylic acids is 2. The Morgan fingerprint density at radius 3 is 2.88 bits per heavy atom. The van der Waals surface area contributed by atoms with Crippen LogP contribution in [0, 0.1) is 0 Å². The molecule has 3 N–H and O–H groups in total. The van der Waals surface area contributed by atoms with E-state index in [-0.39, 0.29) is 31.6 Å². The van der Waals surface area contributed by atoms with Gasteiger partial charge in [-0.15, -0.1) is 0 Å². The Morgan fingerprint density at radius 1 is 1.56 bits per heavy atom. The van der Waals surface area contributed by atoms with E-state index >= 15 is 0 Å². The quantitative estimate of drug-likeness (QED) is 0.481. The Kier molecular flexibility index (Phi) is 4.71. The number of ether oxygens (including phenoxy) is 1. The first kappa shape index (κ1) is 12.4. The molecule has 0 aromatic heterocycles. The summed E-state index contributed by atoms with van der Waals surface area (Å²) in [4.78, 5) is 32.3. The van der Waals surface area contributed by atoms with E-state index in [1.807, 2.05) is 0 Å². The van der Waals surface area contributed by atoms with Gasteiger partial charge in [-0.2, -0.15) is 0 Å². The summed E-state index contributed by atoms with van der Waals surface area (Å²) in [7, 11) is 0. The number of nitrogens with one attached hydrogen (secondary N) is 2. The second-order valence-electron chi connectivity index (χ2n) is 3.40. The van der Waals surface area contributed by atoms with E-state index in [0.717, 1.165) is 0 Å². The normalized spacial score (nSPS) is 19.2. The maximum Gasteiger partial charge on any atom is 0.329 e. The molecule has 2 amide bonds. The Morgan fingerprint density at radius 2 is 2.31 bits per heavy atom. The predicted molar refractivity (Wildman–Crippen MR) is 52.6 cm³/mol. The fourth-order valence-corrected chi connectivity index (χ4v) is 1.34. The highest BCUT2D eigenvalue weighted by Gasteiger charge is 2.26. The number of hydrogen-bond acceptors (Lipinski definition) is 4. The van der Waals surface area contributed by atoms with Crippen molar-refractivity contribution in [2.24, 2.45) is 0 Å². The smallest absolute Gasteiger partial charge is 0.329 e. The van der Waals surface area contributed by atoms with Crippen molar-refractivity contribution < 1.29 is 24.2 Å². The summed E-state index contributed by atoms with van der Waals surface area (Å²) in [6.07, 6.45) is 0.869. The maximum absolute atomic E-state index is 11.4. The van der Waals surface area contributed by atoms with Crippen LogP contribution in [0.3, 0.4) is 0 Å². The van der Waals surface area contributed by atoms with Crippen molar-refractivity contribution in [1.29, 1.82) is 0 Å². The van der Waals surface area contributed by atoms with Crippen LogP contribution in [0.2, 0.25) is 0 Å². The Balaban J connectivity index is 2.06. The molecule has 1 atom stereocenters. The van der Waals surface area contributed by atoms with Crippen LogP contribution in [0.4, 0.5) is 0 Å². The first-order chi connectivity index (χ1) is 7.59. The van der Waals surface area contributed by atoms with Crippen LogP contribution in [0.1, 0.15) is 12.8 Å². The number of hydrogen-bond donors (Lipinski definition) is 3. The third-order valence-electron chi connectivity index (χ3n) is 2.08. The average molecular weight is 230 g/mol. The van der Waals surface area contributed by atoms with Crippen LogP contribution < -0.4 is 10.6 Å². The Hall–Kier alpha value is -1.63. The third kappa shape index (κ3) is 4.26. The first-order valence-corrected chi connectivity index (χ1v) is 4.96. The molecule has 1 heterocycles. The largest absolute Gasteiger partial charge is 0.480 e. The highest BCUT2D eigenvalue weighted by molar-refractivity contribution is 5.90. The molecular weight excluding hydrogens is 216 g/mol. The molecule has 0 spiro atoms. The number of amides is 2. The number of carboxylic acids is 1. The van der Waals surface area contributed by atoms with Gasteiger partial charge in [0.05, 0.1) is 6.61 Å². The van der Waals surface area contributed by atoms with E-state index in [1.165, 1.54) is 0 Å². The van der Waals surface area contributed by atoms with Crippen LogP contribution >= 0.6 is 0 Å². The van der Waals surface area contributed by atoms with Crippen molar-refractivity contribution in [1.82, 2.24) is 10.6 Å². The van der Waals surface area contributed by atoms with Gasteiger partial charge in [0.1, 0.15) is 12.6 Å². The summed E-state index contributed by atoms with van der Waals surface area (Å²) < 4.78 is 4.73. The van der Waals surface area contributed by atoms with E-state index < -0.39 is 12.0 Å². The average Bonchev–Trinajstić information content (AvgIpc) is 2.63. The fourth-order valence-electron chi connectivity index (χ4n) is 1.34. The van der Waals surface area contributed by atoms with Crippen LogP contribution in [0.25, 0.3) is 0 Å². The van der Waals surface area contributed by atoms with Gasteiger partial charge in [-0.05, 0) is 6.42 Å². The van der Waals surface area contributed by atoms with E-state index in [9.17, 15) is 14.4 Å². The van der Waals surface area contributed by atoms with Gasteiger partial charge in [-0.1, -0.05) is 0 Å². The molecule has 0 aliphatic carbocycles. The van der Waals surface area contributed by atoms with Crippen molar-refractivity contribution in [3.63, 3.8) is 0 Å². The molecule has 90 valence electrons. The SMILES string of the molecule is O=C(O)COCCNC(=O)[C@@H]1CCC(=O)N1. The van der Waals surface area contributed by atoms with Crippen molar-refractivity contribution in [2.75, 3.05) is 19.8 Å². The molecule has 16 heavy (non-hydrogen) atoms. The number of carbonyl (C=O) groups is 3. The molecule has 0 bridgehead atoms. The molecule has 1 saturated heterocycles. The first-order valence-electron chi connectivity index (χ1n) is 4.96. The predicted octanol–water partition coefficient (Wildman–Crippen LogP) is -1.52. The lowest BCUT2D eigenvalue weighted by molar-refractivity contribution is -0.142. The lowest BCUT2D eigenvalue weighted by atomic mass is 10.2. The van der Waals surface area contributed by atoms with Crippen molar-refractivity contribution in [3.8, 4) is 0 Å². The van der Waals surface area contributed by atoms with Gasteiger partial charge < -0.3 is 20.5 Å². The van der Waals surface area contributed by atoms with E-state index in [1.54, 1.807) is 0 Å². The van der Waals surface area contributed by atoms with Crippen molar-refractivity contribution in [3.05, 3.63) is 0 Å². The van der Waals surface area contributed by atoms with Gasteiger partial charge in [0, 0.05) is 13.0 Å². The molecular formula is C9H14N2O5. The zero-order chi connectivity index (χ0) is 12.0. The zero-order valence-electron chi connectivity index (χ0n) is 8.69. The standard InChI is InChI=1S/C9H14N2O5/c12-7-2-1-6(11-7)9(15)10-3-4-16-5-8(13)14/h6H,1-5H2,(H,10,15)(H,11,12)(H,13,14)/t6-/m0/s1. The molecule has 0 saturated carbocycles. The molecule has 7 nitrogen and oxygen atoms in total. The maximum atomic E-state index is 11.4. The molecule has 0 aromatic rings. The molecule has 0 aromatic carbocycles. The van der Waals surface area contributed by atoms with Gasteiger partial charge in [0.25, 0.3) is 0 Å². The number of aliphatic carboxylic acids is 1. The van der Waals surface area contributed by atoms with E-state index in [0.29, 0.717) is 12.8 Å². The third-order valence-corrected chi connectivity index (χ3v) is 2.08. The summed E-state index contributed by atoms with van der Waals surface area (Å²) in [6.45, 7) is -0.00672. The highest BCUT2D eigenvalue weighted by Crippen LogP contribution is 2.05. The Bertz CT molecular complexity index is 292. The minimum absolute atomic E-state index is 0.123. The van der Waals surface area contributed by atoms with Gasteiger partial charge in [0.2, 0.25) is 11.8 Å². The summed E-state index contributed by atoms with van der Waals surface area (Å²) >= 11 is 0. The lowest BCUT2D eigenvalue weighted by Gasteiger charge is -2.10. The molecule has 0 unspecified atom stereocenters. The number of rotatable bonds is 6. The van der Waals surface area contributed by atoms with Crippen molar-refractivity contribution in [2.45, 2.75) is 18.9 Å². The monoisotopic (exact) mass is 230 g/mol.